The molecule has 0 spiro atoms. The summed E-state index contributed by atoms with van der Waals surface area (Å²) in [5.41, 5.74) is -1.12. The number of fused-ring (bicyclic) bond motifs is 1. The van der Waals surface area contributed by atoms with E-state index in [-0.39, 0.29) is 22.2 Å². The number of aromatic nitrogens is 1. The van der Waals surface area contributed by atoms with Gasteiger partial charge in [0.05, 0.1) is 10.5 Å². The summed E-state index contributed by atoms with van der Waals surface area (Å²) >= 11 is 0. The third kappa shape index (κ3) is 1.75. The molecule has 0 atom stereocenters. The monoisotopic (exact) mass is 250 g/mol. The number of halogens is 1. The smallest absolute Gasteiger partial charge is 0.354 e. The summed E-state index contributed by atoms with van der Waals surface area (Å²) in [5.74, 6) is -2.02. The third-order valence-electron chi connectivity index (χ3n) is 2.55. The highest BCUT2D eigenvalue weighted by Gasteiger charge is 2.22. The number of pyridine rings is 1. The van der Waals surface area contributed by atoms with Crippen LogP contribution in [0.1, 0.15) is 16.1 Å². The van der Waals surface area contributed by atoms with Crippen LogP contribution in [-0.2, 0) is 0 Å². The average Bonchev–Trinajstić information content (AvgIpc) is 2.29. The Morgan fingerprint density at radius 3 is 2.72 bits per heavy atom. The van der Waals surface area contributed by atoms with Gasteiger partial charge < -0.3 is 5.11 Å². The lowest BCUT2D eigenvalue weighted by atomic mass is 10.1. The van der Waals surface area contributed by atoms with Gasteiger partial charge in [0.2, 0.25) is 0 Å². The van der Waals surface area contributed by atoms with E-state index in [1.54, 1.807) is 0 Å². The van der Waals surface area contributed by atoms with Crippen LogP contribution in [0.4, 0.5) is 10.1 Å². The topological polar surface area (TPSA) is 93.3 Å². The number of aromatic carboxylic acids is 1. The molecule has 0 fully saturated rings. The van der Waals surface area contributed by atoms with Crippen molar-refractivity contribution in [3.05, 3.63) is 45.4 Å². The van der Waals surface area contributed by atoms with Gasteiger partial charge in [-0.3, -0.25) is 10.1 Å². The zero-order valence-electron chi connectivity index (χ0n) is 9.18. The molecule has 0 aliphatic carbocycles. The third-order valence-corrected chi connectivity index (χ3v) is 2.55. The number of nitrogens with zero attached hydrogens (tertiary/aromatic N) is 2. The Balaban J connectivity index is 2.91. The van der Waals surface area contributed by atoms with E-state index in [4.69, 9.17) is 5.11 Å². The van der Waals surface area contributed by atoms with Gasteiger partial charge in [-0.2, -0.15) is 0 Å². The summed E-state index contributed by atoms with van der Waals surface area (Å²) in [6.07, 6.45) is 0. The molecule has 1 heterocycles. The molecule has 0 radical (unpaired) electrons. The number of carbonyl (C=O) groups is 1. The predicted molar refractivity (Wildman–Crippen MR) is 60.1 cm³/mol. The summed E-state index contributed by atoms with van der Waals surface area (Å²) in [4.78, 5) is 24.6. The van der Waals surface area contributed by atoms with Crippen molar-refractivity contribution >= 4 is 22.6 Å². The van der Waals surface area contributed by atoms with Gasteiger partial charge in [-0.05, 0) is 19.1 Å². The number of nitro groups is 1. The molecule has 0 amide bonds. The molecule has 0 unspecified atom stereocenters. The van der Waals surface area contributed by atoms with Gasteiger partial charge in [0.1, 0.15) is 17.0 Å². The van der Waals surface area contributed by atoms with Crippen LogP contribution >= 0.6 is 0 Å². The van der Waals surface area contributed by atoms with Crippen LogP contribution in [0.5, 0.6) is 0 Å². The van der Waals surface area contributed by atoms with Gasteiger partial charge in [0.25, 0.3) is 0 Å². The van der Waals surface area contributed by atoms with Gasteiger partial charge in [-0.15, -0.1) is 0 Å². The maximum atomic E-state index is 13.5. The van der Waals surface area contributed by atoms with E-state index >= 15 is 0 Å². The molecule has 1 aromatic carbocycles. The number of carboxylic acid groups (broad SMARTS) is 1. The van der Waals surface area contributed by atoms with Crippen LogP contribution in [0.3, 0.4) is 0 Å². The largest absolute Gasteiger partial charge is 0.477 e. The van der Waals surface area contributed by atoms with Crippen molar-refractivity contribution in [1.82, 2.24) is 4.98 Å². The summed E-state index contributed by atoms with van der Waals surface area (Å²) in [7, 11) is 0. The van der Waals surface area contributed by atoms with E-state index in [9.17, 15) is 19.3 Å². The zero-order chi connectivity index (χ0) is 13.4. The van der Waals surface area contributed by atoms with Gasteiger partial charge in [0.15, 0.2) is 0 Å². The minimum absolute atomic E-state index is 0.126. The van der Waals surface area contributed by atoms with Crippen molar-refractivity contribution in [2.75, 3.05) is 0 Å². The SMILES string of the molecule is Cc1c(F)cc2ccc(C(=O)O)nc2c1[N+](=O)[O-]. The first-order valence-corrected chi connectivity index (χ1v) is 4.89. The highest BCUT2D eigenvalue weighted by molar-refractivity contribution is 5.93. The molecule has 6 nitrogen and oxygen atoms in total. The molecule has 0 saturated carbocycles. The summed E-state index contributed by atoms with van der Waals surface area (Å²) < 4.78 is 13.5. The highest BCUT2D eigenvalue weighted by atomic mass is 19.1. The molecule has 0 saturated heterocycles. The highest BCUT2D eigenvalue weighted by Crippen LogP contribution is 2.30. The van der Waals surface area contributed by atoms with Crippen LogP contribution in [0.15, 0.2) is 18.2 Å². The number of hydrogen-bond acceptors (Lipinski definition) is 4. The van der Waals surface area contributed by atoms with Crippen LogP contribution < -0.4 is 0 Å². The number of nitro benzene ring substituents is 1. The van der Waals surface area contributed by atoms with Gasteiger partial charge in [-0.25, -0.2) is 14.2 Å². The van der Waals surface area contributed by atoms with Crippen LogP contribution in [-0.4, -0.2) is 21.0 Å². The lowest BCUT2D eigenvalue weighted by Crippen LogP contribution is -2.03. The molecular weight excluding hydrogens is 243 g/mol. The molecule has 1 N–H and O–H groups in total. The second-order valence-electron chi connectivity index (χ2n) is 3.66. The van der Waals surface area contributed by atoms with E-state index in [2.05, 4.69) is 4.98 Å². The number of rotatable bonds is 2. The first-order chi connectivity index (χ1) is 8.41. The molecule has 7 heteroatoms. The van der Waals surface area contributed by atoms with Crippen molar-refractivity contribution < 1.29 is 19.2 Å². The molecule has 2 rings (SSSR count). The molecule has 0 aliphatic heterocycles. The first-order valence-electron chi connectivity index (χ1n) is 4.89. The number of hydrogen-bond donors (Lipinski definition) is 1. The van der Waals surface area contributed by atoms with E-state index in [0.29, 0.717) is 0 Å². The van der Waals surface area contributed by atoms with Crippen molar-refractivity contribution in [1.29, 1.82) is 0 Å². The number of carboxylic acids is 1. The van der Waals surface area contributed by atoms with Gasteiger partial charge in [0, 0.05) is 5.39 Å². The Morgan fingerprint density at radius 2 is 2.17 bits per heavy atom. The summed E-state index contributed by atoms with van der Waals surface area (Å²) in [6, 6.07) is 3.56. The molecular formula is C11H7FN2O4. The van der Waals surface area contributed by atoms with E-state index in [0.717, 1.165) is 6.07 Å². The van der Waals surface area contributed by atoms with Crippen molar-refractivity contribution in [3.8, 4) is 0 Å². The Bertz CT molecular complexity index is 684. The zero-order valence-corrected chi connectivity index (χ0v) is 9.18. The van der Waals surface area contributed by atoms with E-state index in [1.165, 1.54) is 19.1 Å². The molecule has 92 valence electrons. The fourth-order valence-corrected chi connectivity index (χ4v) is 1.65. The summed E-state index contributed by atoms with van der Waals surface area (Å²) in [5, 5.41) is 19.9. The fourth-order valence-electron chi connectivity index (χ4n) is 1.65. The van der Waals surface area contributed by atoms with E-state index in [1.807, 2.05) is 0 Å². The van der Waals surface area contributed by atoms with Crippen LogP contribution in [0.2, 0.25) is 0 Å². The Morgan fingerprint density at radius 1 is 1.50 bits per heavy atom. The Labute approximate surface area is 99.8 Å². The molecule has 2 aromatic rings. The maximum Gasteiger partial charge on any atom is 0.354 e. The molecule has 0 aliphatic rings. The second-order valence-corrected chi connectivity index (χ2v) is 3.66. The van der Waals surface area contributed by atoms with E-state index < -0.39 is 22.4 Å². The maximum absolute atomic E-state index is 13.5. The normalized spacial score (nSPS) is 10.6. The minimum Gasteiger partial charge on any atom is -0.477 e. The standard InChI is InChI=1S/C11H7FN2O4/c1-5-7(12)4-6-2-3-8(11(15)16)13-9(6)10(5)14(17)18/h2-4H,1H3,(H,15,16). The molecule has 1 aromatic heterocycles. The first kappa shape index (κ1) is 11.9. The van der Waals surface area contributed by atoms with Crippen molar-refractivity contribution in [3.63, 3.8) is 0 Å². The van der Waals surface area contributed by atoms with Crippen molar-refractivity contribution in [2.24, 2.45) is 0 Å². The Kier molecular flexibility index (Phi) is 2.66. The number of benzene rings is 1. The van der Waals surface area contributed by atoms with Gasteiger partial charge >= 0.3 is 11.7 Å². The lowest BCUT2D eigenvalue weighted by Gasteiger charge is -2.04. The Hall–Kier alpha value is -2.57. The summed E-state index contributed by atoms with van der Waals surface area (Å²) in [6.45, 7) is 1.25. The minimum atomic E-state index is -1.30. The lowest BCUT2D eigenvalue weighted by molar-refractivity contribution is -0.383. The van der Waals surface area contributed by atoms with Gasteiger partial charge in [-0.1, -0.05) is 6.07 Å². The predicted octanol–water partition coefficient (Wildman–Crippen LogP) is 2.29. The average molecular weight is 250 g/mol. The second kappa shape index (κ2) is 4.02. The quantitative estimate of drug-likeness (QED) is 0.651. The van der Waals surface area contributed by atoms with Crippen LogP contribution in [0, 0.1) is 22.9 Å². The molecule has 0 bridgehead atoms. The molecule has 18 heavy (non-hydrogen) atoms. The fraction of sp³-hybridized carbons (Fsp3) is 0.0909. The van der Waals surface area contributed by atoms with Crippen LogP contribution in [0.25, 0.3) is 10.9 Å². The van der Waals surface area contributed by atoms with Crippen molar-refractivity contribution in [2.45, 2.75) is 6.92 Å².